The summed E-state index contributed by atoms with van der Waals surface area (Å²) in [5.41, 5.74) is 0.0915. The van der Waals surface area contributed by atoms with Crippen LogP contribution in [-0.2, 0) is 12.6 Å². The Kier molecular flexibility index (Phi) is 2.23. The Morgan fingerprint density at radius 2 is 2.14 bits per heavy atom. The minimum Gasteiger partial charge on any atom is -0.493 e. The van der Waals surface area contributed by atoms with E-state index in [1.807, 2.05) is 7.05 Å². The molecule has 1 aromatic heterocycles. The molecule has 0 saturated heterocycles. The van der Waals surface area contributed by atoms with E-state index in [0.717, 1.165) is 31.4 Å². The van der Waals surface area contributed by atoms with Crippen LogP contribution >= 0.6 is 0 Å². The maximum atomic E-state index is 10.4. The van der Waals surface area contributed by atoms with Gasteiger partial charge < -0.3 is 9.84 Å². The zero-order valence-electron chi connectivity index (χ0n) is 8.66. The van der Waals surface area contributed by atoms with Crippen LogP contribution in [-0.4, -0.2) is 22.0 Å². The maximum absolute atomic E-state index is 10.4. The van der Waals surface area contributed by atoms with Crippen molar-refractivity contribution in [3.63, 3.8) is 0 Å². The molecule has 2 rings (SSSR count). The van der Waals surface area contributed by atoms with Crippen LogP contribution in [0.4, 0.5) is 0 Å². The first-order valence-electron chi connectivity index (χ1n) is 4.96. The highest BCUT2D eigenvalue weighted by Crippen LogP contribution is 2.41. The van der Waals surface area contributed by atoms with Crippen molar-refractivity contribution in [2.75, 3.05) is 7.11 Å². The highest BCUT2D eigenvalue weighted by Gasteiger charge is 2.38. The number of methoxy groups -OCH3 is 1. The zero-order valence-corrected chi connectivity index (χ0v) is 8.66. The average molecular weight is 196 g/mol. The lowest BCUT2D eigenvalue weighted by molar-refractivity contribution is 0.0335. The Bertz CT molecular complexity index is 327. The lowest BCUT2D eigenvalue weighted by atomic mass is 9.97. The average Bonchev–Trinajstić information content (AvgIpc) is 2.73. The summed E-state index contributed by atoms with van der Waals surface area (Å²) >= 11 is 0. The predicted octanol–water partition coefficient (Wildman–Crippen LogP) is 1.19. The third-order valence-electron chi connectivity index (χ3n) is 3.00. The Morgan fingerprint density at radius 1 is 1.50 bits per heavy atom. The van der Waals surface area contributed by atoms with Crippen molar-refractivity contribution in [2.24, 2.45) is 7.05 Å². The second-order valence-electron chi connectivity index (χ2n) is 3.92. The fraction of sp³-hybridized carbons (Fsp3) is 0.700. The number of aromatic nitrogens is 2. The first kappa shape index (κ1) is 9.52. The molecule has 0 aromatic carbocycles. The minimum absolute atomic E-state index is 0.692. The third kappa shape index (κ3) is 1.30. The van der Waals surface area contributed by atoms with Crippen LogP contribution < -0.4 is 4.74 Å². The highest BCUT2D eigenvalue weighted by molar-refractivity contribution is 5.31. The molecule has 0 spiro atoms. The lowest BCUT2D eigenvalue weighted by Crippen LogP contribution is -2.25. The second kappa shape index (κ2) is 3.28. The van der Waals surface area contributed by atoms with Gasteiger partial charge in [0.2, 0.25) is 0 Å². The standard InChI is InChI=1S/C10H16N2O2/c1-12-9(8(14-2)7-11-12)10(13)5-3-4-6-10/h7,13H,3-6H2,1-2H3. The van der Waals surface area contributed by atoms with E-state index < -0.39 is 5.60 Å². The van der Waals surface area contributed by atoms with Crippen LogP contribution in [0.25, 0.3) is 0 Å². The lowest BCUT2D eigenvalue weighted by Gasteiger charge is -2.23. The van der Waals surface area contributed by atoms with Crippen molar-refractivity contribution < 1.29 is 9.84 Å². The van der Waals surface area contributed by atoms with Crippen LogP contribution in [0.5, 0.6) is 5.75 Å². The first-order valence-corrected chi connectivity index (χ1v) is 4.96. The maximum Gasteiger partial charge on any atom is 0.162 e. The molecule has 0 amide bonds. The van der Waals surface area contributed by atoms with Crippen molar-refractivity contribution in [1.82, 2.24) is 9.78 Å². The number of ether oxygens (including phenoxy) is 1. The molecule has 1 fully saturated rings. The van der Waals surface area contributed by atoms with Gasteiger partial charge in [-0.15, -0.1) is 0 Å². The van der Waals surface area contributed by atoms with E-state index in [1.165, 1.54) is 0 Å². The smallest absolute Gasteiger partial charge is 0.162 e. The summed E-state index contributed by atoms with van der Waals surface area (Å²) < 4.78 is 6.91. The van der Waals surface area contributed by atoms with Crippen molar-refractivity contribution in [3.8, 4) is 5.75 Å². The van der Waals surface area contributed by atoms with Crippen molar-refractivity contribution in [3.05, 3.63) is 11.9 Å². The van der Waals surface area contributed by atoms with Crippen molar-refractivity contribution >= 4 is 0 Å². The van der Waals surface area contributed by atoms with Gasteiger partial charge in [0.05, 0.1) is 13.3 Å². The van der Waals surface area contributed by atoms with Crippen molar-refractivity contribution in [1.29, 1.82) is 0 Å². The monoisotopic (exact) mass is 196 g/mol. The van der Waals surface area contributed by atoms with Gasteiger partial charge in [-0.05, 0) is 12.8 Å². The number of rotatable bonds is 2. The molecule has 0 atom stereocenters. The minimum atomic E-state index is -0.726. The summed E-state index contributed by atoms with van der Waals surface area (Å²) in [6.07, 6.45) is 5.42. The normalized spacial score (nSPS) is 19.9. The molecule has 1 aromatic rings. The Hall–Kier alpha value is -1.03. The summed E-state index contributed by atoms with van der Waals surface area (Å²) in [7, 11) is 3.45. The molecule has 4 heteroatoms. The number of aryl methyl sites for hydroxylation is 1. The zero-order chi connectivity index (χ0) is 10.2. The van der Waals surface area contributed by atoms with E-state index in [2.05, 4.69) is 5.10 Å². The summed E-state index contributed by atoms with van der Waals surface area (Å²) in [5.74, 6) is 0.692. The van der Waals surface area contributed by atoms with Gasteiger partial charge in [0.15, 0.2) is 5.75 Å². The van der Waals surface area contributed by atoms with Crippen LogP contribution in [0.2, 0.25) is 0 Å². The number of nitrogens with zero attached hydrogens (tertiary/aromatic N) is 2. The van der Waals surface area contributed by atoms with E-state index in [0.29, 0.717) is 5.75 Å². The topological polar surface area (TPSA) is 47.3 Å². The number of aliphatic hydroxyl groups is 1. The van der Waals surface area contributed by atoms with Gasteiger partial charge in [-0.25, -0.2) is 0 Å². The van der Waals surface area contributed by atoms with E-state index in [-0.39, 0.29) is 0 Å². The SMILES string of the molecule is COc1cnn(C)c1C1(O)CCCC1. The molecule has 0 bridgehead atoms. The predicted molar refractivity (Wildman–Crippen MR) is 52.1 cm³/mol. The molecule has 1 aliphatic carbocycles. The Morgan fingerprint density at radius 3 is 2.71 bits per heavy atom. The molecule has 0 unspecified atom stereocenters. The largest absolute Gasteiger partial charge is 0.493 e. The molecule has 1 N–H and O–H groups in total. The van der Waals surface area contributed by atoms with Gasteiger partial charge in [0, 0.05) is 7.05 Å². The molecular weight excluding hydrogens is 180 g/mol. The fourth-order valence-corrected chi connectivity index (χ4v) is 2.29. The van der Waals surface area contributed by atoms with Gasteiger partial charge in [0.25, 0.3) is 0 Å². The first-order chi connectivity index (χ1) is 6.67. The summed E-state index contributed by atoms with van der Waals surface area (Å²) in [6, 6.07) is 0. The van der Waals surface area contributed by atoms with Gasteiger partial charge in [-0.3, -0.25) is 4.68 Å². The molecule has 1 aliphatic rings. The molecule has 1 heterocycles. The second-order valence-corrected chi connectivity index (χ2v) is 3.92. The van der Waals surface area contributed by atoms with Crippen LogP contribution in [0.1, 0.15) is 31.4 Å². The van der Waals surface area contributed by atoms with E-state index in [4.69, 9.17) is 4.74 Å². The molecule has 0 aliphatic heterocycles. The van der Waals surface area contributed by atoms with E-state index in [1.54, 1.807) is 18.0 Å². The molecule has 4 nitrogen and oxygen atoms in total. The van der Waals surface area contributed by atoms with Crippen LogP contribution in [0, 0.1) is 0 Å². The van der Waals surface area contributed by atoms with Crippen LogP contribution in [0.3, 0.4) is 0 Å². The number of hydrogen-bond donors (Lipinski definition) is 1. The summed E-state index contributed by atoms with van der Waals surface area (Å²) in [4.78, 5) is 0. The van der Waals surface area contributed by atoms with Gasteiger partial charge in [-0.2, -0.15) is 5.10 Å². The summed E-state index contributed by atoms with van der Waals surface area (Å²) in [5, 5.41) is 14.5. The Labute approximate surface area is 83.5 Å². The molecule has 14 heavy (non-hydrogen) atoms. The van der Waals surface area contributed by atoms with Crippen LogP contribution in [0.15, 0.2) is 6.20 Å². The van der Waals surface area contributed by atoms with Crippen molar-refractivity contribution in [2.45, 2.75) is 31.3 Å². The quantitative estimate of drug-likeness (QED) is 0.773. The molecular formula is C10H16N2O2. The highest BCUT2D eigenvalue weighted by atomic mass is 16.5. The Balaban J connectivity index is 2.42. The van der Waals surface area contributed by atoms with Gasteiger partial charge in [-0.1, -0.05) is 12.8 Å². The molecule has 0 radical (unpaired) electrons. The molecule has 78 valence electrons. The van der Waals surface area contributed by atoms with Gasteiger partial charge in [0.1, 0.15) is 11.3 Å². The fourth-order valence-electron chi connectivity index (χ4n) is 2.29. The van der Waals surface area contributed by atoms with E-state index in [9.17, 15) is 5.11 Å². The third-order valence-corrected chi connectivity index (χ3v) is 3.00. The van der Waals surface area contributed by atoms with Gasteiger partial charge >= 0.3 is 0 Å². The molecule has 1 saturated carbocycles. The summed E-state index contributed by atoms with van der Waals surface area (Å²) in [6.45, 7) is 0. The van der Waals surface area contributed by atoms with E-state index >= 15 is 0 Å². The number of hydrogen-bond acceptors (Lipinski definition) is 3.